The van der Waals surface area contributed by atoms with Gasteiger partial charge in [-0.15, -0.1) is 0 Å². The van der Waals surface area contributed by atoms with Gasteiger partial charge in [-0.05, 0) is 61.5 Å². The number of hydrogen-bond acceptors (Lipinski definition) is 3. The summed E-state index contributed by atoms with van der Waals surface area (Å²) in [5.74, 6) is 0.128. The predicted octanol–water partition coefficient (Wildman–Crippen LogP) is 5.56. The van der Waals surface area contributed by atoms with Crippen molar-refractivity contribution >= 4 is 11.0 Å². The molecule has 0 aliphatic carbocycles. The Balaban J connectivity index is 2.01. The van der Waals surface area contributed by atoms with Crippen molar-refractivity contribution in [2.24, 2.45) is 0 Å². The maximum atomic E-state index is 13.8. The van der Waals surface area contributed by atoms with Crippen LogP contribution in [0.25, 0.3) is 28.0 Å². The van der Waals surface area contributed by atoms with Gasteiger partial charge in [0.15, 0.2) is 5.65 Å². The fourth-order valence-electron chi connectivity index (χ4n) is 3.18. The number of alkyl halides is 3. The molecule has 0 saturated heterocycles. The minimum Gasteiger partial charge on any atom is -0.497 e. The molecule has 8 heteroatoms. The Hall–Kier alpha value is -3.42. The monoisotopic (exact) mass is 401 g/mol. The number of methoxy groups -OCH3 is 1. The van der Waals surface area contributed by atoms with Gasteiger partial charge in [-0.1, -0.05) is 0 Å². The van der Waals surface area contributed by atoms with E-state index >= 15 is 0 Å². The second kappa shape index (κ2) is 6.88. The van der Waals surface area contributed by atoms with E-state index in [1.165, 1.54) is 43.0 Å². The highest BCUT2D eigenvalue weighted by Crippen LogP contribution is 2.38. The van der Waals surface area contributed by atoms with Gasteiger partial charge >= 0.3 is 6.18 Å². The van der Waals surface area contributed by atoms with Crippen LogP contribution in [0.5, 0.6) is 5.75 Å². The van der Waals surface area contributed by atoms with Crippen LogP contribution in [0.3, 0.4) is 0 Å². The summed E-state index contributed by atoms with van der Waals surface area (Å²) in [5.41, 5.74) is 0.446. The Morgan fingerprint density at radius 1 is 0.966 bits per heavy atom. The SMILES string of the molecule is COc1ccc(-n2nc(C)c3c(C(F)(F)F)cc(-c4ccc(F)cc4)nc32)cc1. The van der Waals surface area contributed by atoms with Gasteiger partial charge in [-0.3, -0.25) is 0 Å². The number of aromatic nitrogens is 3. The molecule has 0 bridgehead atoms. The normalized spacial score (nSPS) is 11.8. The summed E-state index contributed by atoms with van der Waals surface area (Å²) < 4.78 is 61.2. The minimum atomic E-state index is -4.60. The topological polar surface area (TPSA) is 39.9 Å². The van der Waals surface area contributed by atoms with Crippen LogP contribution in [0.4, 0.5) is 17.6 Å². The van der Waals surface area contributed by atoms with Crippen LogP contribution >= 0.6 is 0 Å². The van der Waals surface area contributed by atoms with Crippen molar-refractivity contribution < 1.29 is 22.3 Å². The molecule has 0 fully saturated rings. The van der Waals surface area contributed by atoms with Gasteiger partial charge in [0, 0.05) is 5.56 Å². The minimum absolute atomic E-state index is 0.0702. The first kappa shape index (κ1) is 18.9. The lowest BCUT2D eigenvalue weighted by molar-refractivity contribution is -0.136. The van der Waals surface area contributed by atoms with E-state index in [0.717, 1.165) is 6.07 Å². The first-order valence-corrected chi connectivity index (χ1v) is 8.66. The highest BCUT2D eigenvalue weighted by atomic mass is 19.4. The van der Waals surface area contributed by atoms with Gasteiger partial charge in [0.25, 0.3) is 0 Å². The van der Waals surface area contributed by atoms with Crippen molar-refractivity contribution in [3.8, 4) is 22.7 Å². The van der Waals surface area contributed by atoms with Crippen molar-refractivity contribution in [2.75, 3.05) is 7.11 Å². The van der Waals surface area contributed by atoms with Gasteiger partial charge < -0.3 is 4.74 Å². The van der Waals surface area contributed by atoms with Gasteiger partial charge in [0.1, 0.15) is 11.6 Å². The molecule has 0 aliphatic heterocycles. The van der Waals surface area contributed by atoms with E-state index in [9.17, 15) is 17.6 Å². The first-order chi connectivity index (χ1) is 13.8. The number of fused-ring (bicyclic) bond motifs is 1. The summed E-state index contributed by atoms with van der Waals surface area (Å²) in [5, 5.41) is 4.22. The second-order valence-corrected chi connectivity index (χ2v) is 6.45. The van der Waals surface area contributed by atoms with Crippen LogP contribution in [0, 0.1) is 12.7 Å². The third kappa shape index (κ3) is 3.41. The molecular formula is C21H15F4N3O. The average Bonchev–Trinajstić information content (AvgIpc) is 3.04. The zero-order chi connectivity index (χ0) is 20.8. The van der Waals surface area contributed by atoms with Crippen LogP contribution in [0.2, 0.25) is 0 Å². The summed E-state index contributed by atoms with van der Waals surface area (Å²) in [7, 11) is 1.52. The maximum absolute atomic E-state index is 13.8. The van der Waals surface area contributed by atoms with Gasteiger partial charge in [-0.2, -0.15) is 18.3 Å². The molecule has 0 spiro atoms. The number of pyridine rings is 1. The molecule has 4 rings (SSSR count). The molecule has 0 N–H and O–H groups in total. The molecule has 4 aromatic rings. The number of benzene rings is 2. The maximum Gasteiger partial charge on any atom is 0.417 e. The van der Waals surface area contributed by atoms with Gasteiger partial charge in [0.05, 0.1) is 35.1 Å². The van der Waals surface area contributed by atoms with E-state index in [4.69, 9.17) is 4.74 Å². The molecule has 0 aliphatic rings. The largest absolute Gasteiger partial charge is 0.497 e. The van der Waals surface area contributed by atoms with Gasteiger partial charge in [0.2, 0.25) is 0 Å². The Morgan fingerprint density at radius 3 is 2.21 bits per heavy atom. The molecule has 148 valence electrons. The Bertz CT molecular complexity index is 1180. The fourth-order valence-corrected chi connectivity index (χ4v) is 3.18. The van der Waals surface area contributed by atoms with E-state index in [1.807, 2.05) is 0 Å². The quantitative estimate of drug-likeness (QED) is 0.422. The summed E-state index contributed by atoms with van der Waals surface area (Å²) in [6.07, 6.45) is -4.60. The van der Waals surface area contributed by atoms with E-state index in [1.54, 1.807) is 24.3 Å². The van der Waals surface area contributed by atoms with Crippen molar-refractivity contribution in [1.82, 2.24) is 14.8 Å². The molecule has 2 aromatic carbocycles. The number of hydrogen-bond donors (Lipinski definition) is 0. The molecular weight excluding hydrogens is 386 g/mol. The highest BCUT2D eigenvalue weighted by Gasteiger charge is 2.35. The molecule has 29 heavy (non-hydrogen) atoms. The molecule has 0 saturated carbocycles. The lowest BCUT2D eigenvalue weighted by Crippen LogP contribution is -2.08. The summed E-state index contributed by atoms with van der Waals surface area (Å²) >= 11 is 0. The standard InChI is InChI=1S/C21H15F4N3O/c1-12-19-17(21(23,24)25)11-18(13-3-5-14(22)6-4-13)26-20(19)28(27-12)15-7-9-16(29-2)10-8-15/h3-11H,1-2H3. The summed E-state index contributed by atoms with van der Waals surface area (Å²) in [6, 6.07) is 12.9. The number of rotatable bonds is 3. The Kier molecular flexibility index (Phi) is 4.49. The summed E-state index contributed by atoms with van der Waals surface area (Å²) in [6.45, 7) is 1.51. The molecule has 0 atom stereocenters. The lowest BCUT2D eigenvalue weighted by Gasteiger charge is -2.12. The Labute approximate surface area is 163 Å². The van der Waals surface area contributed by atoms with Crippen molar-refractivity contribution in [3.05, 3.63) is 71.7 Å². The summed E-state index contributed by atoms with van der Waals surface area (Å²) in [4.78, 5) is 4.44. The number of ether oxygens (including phenoxy) is 1. The van der Waals surface area contributed by atoms with Crippen molar-refractivity contribution in [1.29, 1.82) is 0 Å². The van der Waals surface area contributed by atoms with Gasteiger partial charge in [-0.25, -0.2) is 14.1 Å². The lowest BCUT2D eigenvalue weighted by atomic mass is 10.1. The first-order valence-electron chi connectivity index (χ1n) is 8.66. The van der Waals surface area contributed by atoms with Crippen LogP contribution in [0.1, 0.15) is 11.3 Å². The average molecular weight is 401 g/mol. The van der Waals surface area contributed by atoms with Crippen LogP contribution in [-0.4, -0.2) is 21.9 Å². The van der Waals surface area contributed by atoms with Crippen molar-refractivity contribution in [2.45, 2.75) is 13.1 Å². The molecule has 0 amide bonds. The molecule has 4 nitrogen and oxygen atoms in total. The zero-order valence-corrected chi connectivity index (χ0v) is 15.5. The zero-order valence-electron chi connectivity index (χ0n) is 15.5. The third-order valence-corrected chi connectivity index (χ3v) is 4.58. The van der Waals surface area contributed by atoms with E-state index in [-0.39, 0.29) is 22.4 Å². The number of nitrogens with zero attached hydrogens (tertiary/aromatic N) is 3. The molecule has 2 aromatic heterocycles. The molecule has 0 unspecified atom stereocenters. The van der Waals surface area contributed by atoms with Crippen LogP contribution in [0.15, 0.2) is 54.6 Å². The van der Waals surface area contributed by atoms with E-state index in [2.05, 4.69) is 10.1 Å². The molecule has 2 heterocycles. The smallest absolute Gasteiger partial charge is 0.417 e. The second-order valence-electron chi connectivity index (χ2n) is 6.45. The van der Waals surface area contributed by atoms with E-state index < -0.39 is 17.6 Å². The third-order valence-electron chi connectivity index (χ3n) is 4.58. The fraction of sp³-hybridized carbons (Fsp3) is 0.143. The Morgan fingerprint density at radius 2 is 1.62 bits per heavy atom. The number of aryl methyl sites for hydroxylation is 1. The highest BCUT2D eigenvalue weighted by molar-refractivity contribution is 5.87. The predicted molar refractivity (Wildman–Crippen MR) is 101 cm³/mol. The van der Waals surface area contributed by atoms with Crippen LogP contribution in [-0.2, 0) is 6.18 Å². The van der Waals surface area contributed by atoms with Crippen LogP contribution < -0.4 is 4.74 Å². The van der Waals surface area contributed by atoms with E-state index in [0.29, 0.717) is 17.0 Å². The van der Waals surface area contributed by atoms with Crippen molar-refractivity contribution in [3.63, 3.8) is 0 Å². The molecule has 0 radical (unpaired) electrons. The number of halogens is 4.